The molecule has 1 aromatic carbocycles. The van der Waals surface area contributed by atoms with E-state index in [1.807, 2.05) is 0 Å². The van der Waals surface area contributed by atoms with E-state index in [2.05, 4.69) is 10.9 Å². The Balaban J connectivity index is 2.35. The van der Waals surface area contributed by atoms with Crippen LogP contribution in [0.5, 0.6) is 0 Å². The topological polar surface area (TPSA) is 4.36 Å². The lowest BCUT2D eigenvalue weighted by Gasteiger charge is -2.28. The van der Waals surface area contributed by atoms with Gasteiger partial charge in [-0.25, -0.2) is 0 Å². The molecule has 0 aliphatic heterocycles. The van der Waals surface area contributed by atoms with Crippen molar-refractivity contribution in [3.05, 3.63) is 40.2 Å². The van der Waals surface area contributed by atoms with Gasteiger partial charge >= 0.3 is 6.18 Å². The van der Waals surface area contributed by atoms with Crippen LogP contribution < -0.4 is 0 Å². The normalized spacial score (nSPS) is 18.5. The average molecular weight is 268 g/mol. The summed E-state index contributed by atoms with van der Waals surface area (Å²) in [6, 6.07) is 8.58. The number of hydrogen-bond donors (Lipinski definition) is 0. The maximum atomic E-state index is 12.6. The van der Waals surface area contributed by atoms with E-state index in [4.69, 9.17) is 0 Å². The molecule has 19 heavy (non-hydrogen) atoms. The zero-order valence-electron chi connectivity index (χ0n) is 10.9. The summed E-state index contributed by atoms with van der Waals surface area (Å²) in [7, 11) is 1.67. The predicted molar refractivity (Wildman–Crippen MR) is 69.4 cm³/mol. The fourth-order valence-electron chi connectivity index (χ4n) is 2.81. The van der Waals surface area contributed by atoms with E-state index < -0.39 is 11.7 Å². The highest BCUT2D eigenvalue weighted by atomic mass is 19.4. The summed E-state index contributed by atoms with van der Waals surface area (Å²) in [5, 5.41) is 0. The van der Waals surface area contributed by atoms with E-state index in [-0.39, 0.29) is 5.41 Å². The number of alkyl halides is 3. The van der Waals surface area contributed by atoms with Crippen molar-refractivity contribution in [1.82, 2.24) is 0 Å². The quantitative estimate of drug-likeness (QED) is 0.684. The molecule has 1 saturated carbocycles. The van der Waals surface area contributed by atoms with Crippen LogP contribution in [-0.2, 0) is 11.6 Å². The zero-order chi connectivity index (χ0) is 13.9. The number of rotatable bonds is 1. The van der Waals surface area contributed by atoms with Crippen LogP contribution in [0.1, 0.15) is 43.2 Å². The third-order valence-electron chi connectivity index (χ3n) is 3.80. The highest BCUT2D eigenvalue weighted by Crippen LogP contribution is 2.40. The third kappa shape index (κ3) is 2.91. The van der Waals surface area contributed by atoms with Gasteiger partial charge in [-0.2, -0.15) is 13.2 Å². The molecule has 0 aromatic heterocycles. The minimum atomic E-state index is -4.28. The molecule has 0 N–H and O–H groups in total. The molecule has 1 aliphatic rings. The summed E-state index contributed by atoms with van der Waals surface area (Å²) < 4.78 is 37.7. The monoisotopic (exact) mass is 268 g/mol. The molecule has 0 radical (unpaired) electrons. The van der Waals surface area contributed by atoms with Crippen LogP contribution in [0.25, 0.3) is 4.85 Å². The van der Waals surface area contributed by atoms with Crippen molar-refractivity contribution in [2.45, 2.75) is 43.7 Å². The molecule has 0 unspecified atom stereocenters. The van der Waals surface area contributed by atoms with Gasteiger partial charge in [-0.15, -0.1) is 0 Å². The number of hydrogen-bond acceptors (Lipinski definition) is 0. The molecule has 0 amide bonds. The van der Waals surface area contributed by atoms with Gasteiger partial charge in [-0.3, -0.25) is 0 Å². The van der Waals surface area contributed by atoms with Crippen LogP contribution >= 0.6 is 0 Å². The SMILES string of the molecule is C[N+]#CC1(c2ccc(C(F)(F)F)cc2)CCCCC1. The predicted octanol–water partition coefficient (Wildman–Crippen LogP) is 4.87. The van der Waals surface area contributed by atoms with Crippen molar-refractivity contribution < 1.29 is 13.2 Å². The first kappa shape index (κ1) is 13.9. The second-order valence-corrected chi connectivity index (χ2v) is 5.05. The third-order valence-corrected chi connectivity index (χ3v) is 3.80. The number of benzene rings is 1. The second-order valence-electron chi connectivity index (χ2n) is 5.05. The summed E-state index contributed by atoms with van der Waals surface area (Å²) in [5.41, 5.74) is -0.00151. The van der Waals surface area contributed by atoms with Gasteiger partial charge in [0.1, 0.15) is 5.41 Å². The van der Waals surface area contributed by atoms with Crippen LogP contribution in [0.4, 0.5) is 13.2 Å². The van der Waals surface area contributed by atoms with Crippen LogP contribution in [-0.4, -0.2) is 7.05 Å². The van der Waals surface area contributed by atoms with Crippen molar-refractivity contribution in [1.29, 1.82) is 0 Å². The van der Waals surface area contributed by atoms with Crippen LogP contribution in [0, 0.1) is 6.07 Å². The molecular formula is C15H17F3N+. The van der Waals surface area contributed by atoms with Crippen molar-refractivity contribution in [2.75, 3.05) is 7.05 Å². The molecule has 2 rings (SSSR count). The first-order valence-electron chi connectivity index (χ1n) is 6.52. The molecule has 4 heteroatoms. The highest BCUT2D eigenvalue weighted by molar-refractivity contribution is 5.37. The molecule has 1 aromatic rings. The van der Waals surface area contributed by atoms with Gasteiger partial charge in [0.05, 0.1) is 5.56 Å². The first-order valence-corrected chi connectivity index (χ1v) is 6.52. The first-order chi connectivity index (χ1) is 8.98. The van der Waals surface area contributed by atoms with Gasteiger partial charge in [-0.1, -0.05) is 36.2 Å². The van der Waals surface area contributed by atoms with E-state index in [1.165, 1.54) is 6.42 Å². The molecule has 0 atom stereocenters. The highest BCUT2D eigenvalue weighted by Gasteiger charge is 2.38. The summed E-state index contributed by atoms with van der Waals surface area (Å²) in [4.78, 5) is 4.01. The van der Waals surface area contributed by atoms with Gasteiger partial charge in [0.15, 0.2) is 0 Å². The van der Waals surface area contributed by atoms with E-state index in [0.29, 0.717) is 0 Å². The van der Waals surface area contributed by atoms with Crippen molar-refractivity contribution in [3.8, 4) is 6.07 Å². The Hall–Kier alpha value is -1.50. The molecule has 0 spiro atoms. The molecule has 1 nitrogen and oxygen atoms in total. The second kappa shape index (κ2) is 5.24. The lowest BCUT2D eigenvalue weighted by Crippen LogP contribution is -2.27. The Morgan fingerprint density at radius 2 is 1.63 bits per heavy atom. The Bertz CT molecular complexity index is 485. The molecule has 1 fully saturated rings. The van der Waals surface area contributed by atoms with Crippen molar-refractivity contribution in [2.24, 2.45) is 0 Å². The Morgan fingerprint density at radius 1 is 1.05 bits per heavy atom. The maximum absolute atomic E-state index is 12.6. The van der Waals surface area contributed by atoms with E-state index in [1.54, 1.807) is 19.2 Å². The Kier molecular flexibility index (Phi) is 3.84. The van der Waals surface area contributed by atoms with Crippen molar-refractivity contribution in [3.63, 3.8) is 0 Å². The molecule has 1 aliphatic carbocycles. The maximum Gasteiger partial charge on any atom is 0.416 e. The van der Waals surface area contributed by atoms with Gasteiger partial charge in [-0.05, 0) is 30.5 Å². The van der Waals surface area contributed by atoms with E-state index in [9.17, 15) is 13.2 Å². The Labute approximate surface area is 111 Å². The van der Waals surface area contributed by atoms with Crippen LogP contribution in [0.2, 0.25) is 0 Å². The average Bonchev–Trinajstić information content (AvgIpc) is 2.39. The summed E-state index contributed by atoms with van der Waals surface area (Å²) in [5.74, 6) is 0. The standard InChI is InChI=1S/C15H17F3N/c1-19-11-14(9-3-2-4-10-14)12-5-7-13(8-6-12)15(16,17)18/h5-8H,2-4,9-10H2,1H3/q+1. The van der Waals surface area contributed by atoms with Gasteiger partial charge in [0.25, 0.3) is 13.1 Å². The molecule has 0 bridgehead atoms. The zero-order valence-corrected chi connectivity index (χ0v) is 10.9. The molecule has 0 heterocycles. The minimum Gasteiger partial charge on any atom is -0.166 e. The van der Waals surface area contributed by atoms with Crippen molar-refractivity contribution >= 4 is 0 Å². The summed E-state index contributed by atoms with van der Waals surface area (Å²) in [6.07, 6.45) is 0.868. The summed E-state index contributed by atoms with van der Waals surface area (Å²) >= 11 is 0. The van der Waals surface area contributed by atoms with Gasteiger partial charge in [0, 0.05) is 0 Å². The number of nitrogens with zero attached hydrogens (tertiary/aromatic N) is 1. The van der Waals surface area contributed by atoms with Gasteiger partial charge < -0.3 is 0 Å². The fourth-order valence-corrected chi connectivity index (χ4v) is 2.81. The Morgan fingerprint density at radius 3 is 2.11 bits per heavy atom. The lowest BCUT2D eigenvalue weighted by atomic mass is 9.70. The van der Waals surface area contributed by atoms with E-state index in [0.717, 1.165) is 43.4 Å². The van der Waals surface area contributed by atoms with Crippen LogP contribution in [0.3, 0.4) is 0 Å². The largest absolute Gasteiger partial charge is 0.416 e. The minimum absolute atomic E-state index is 0.295. The molecular weight excluding hydrogens is 251 g/mol. The number of halogens is 3. The lowest BCUT2D eigenvalue weighted by molar-refractivity contribution is -0.137. The molecule has 0 saturated heterocycles. The molecule has 102 valence electrons. The van der Waals surface area contributed by atoms with Crippen LogP contribution in [0.15, 0.2) is 24.3 Å². The van der Waals surface area contributed by atoms with Gasteiger partial charge in [0.2, 0.25) is 0 Å². The summed E-state index contributed by atoms with van der Waals surface area (Å²) in [6.45, 7) is 0. The fraction of sp³-hybridized carbons (Fsp3) is 0.533. The smallest absolute Gasteiger partial charge is 0.166 e. The van der Waals surface area contributed by atoms with E-state index >= 15 is 0 Å².